The fourth-order valence-electron chi connectivity index (χ4n) is 3.58. The van der Waals surface area contributed by atoms with Crippen molar-refractivity contribution in [2.75, 3.05) is 39.3 Å². The summed E-state index contributed by atoms with van der Waals surface area (Å²) < 4.78 is 1.57. The second-order valence-electron chi connectivity index (χ2n) is 6.73. The Morgan fingerprint density at radius 2 is 1.76 bits per heavy atom. The smallest absolute Gasteiger partial charge is 0.320 e. The molecule has 2 aromatic rings. The van der Waals surface area contributed by atoms with Gasteiger partial charge in [-0.2, -0.15) is 0 Å². The minimum absolute atomic E-state index is 0.0276. The Kier molecular flexibility index (Phi) is 4.72. The molecule has 4 rings (SSSR count). The molecular weight excluding hydrogens is 338 g/mol. The summed E-state index contributed by atoms with van der Waals surface area (Å²) in [6, 6.07) is 1.81. The van der Waals surface area contributed by atoms with Gasteiger partial charge in [0.05, 0.1) is 5.69 Å². The fourth-order valence-corrected chi connectivity index (χ4v) is 4.32. The predicted octanol–water partition coefficient (Wildman–Crippen LogP) is 1.48. The van der Waals surface area contributed by atoms with Crippen LogP contribution in [0.2, 0.25) is 0 Å². The van der Waals surface area contributed by atoms with Gasteiger partial charge in [-0.3, -0.25) is 14.1 Å². The van der Waals surface area contributed by atoms with Gasteiger partial charge in [0.25, 0.3) is 5.56 Å². The lowest BCUT2D eigenvalue weighted by Gasteiger charge is -2.38. The van der Waals surface area contributed by atoms with Crippen LogP contribution in [0, 0.1) is 0 Å². The maximum atomic E-state index is 12.6. The number of hydrogen-bond donors (Lipinski definition) is 0. The average molecular weight is 361 g/mol. The summed E-state index contributed by atoms with van der Waals surface area (Å²) in [6.07, 6.45) is 5.24. The van der Waals surface area contributed by atoms with E-state index in [1.807, 2.05) is 15.2 Å². The molecule has 0 radical (unpaired) electrons. The highest BCUT2D eigenvalue weighted by atomic mass is 32.1. The van der Waals surface area contributed by atoms with E-state index < -0.39 is 0 Å². The minimum Gasteiger partial charge on any atom is -0.325 e. The van der Waals surface area contributed by atoms with E-state index in [1.165, 1.54) is 17.8 Å². The van der Waals surface area contributed by atoms with Crippen LogP contribution in [-0.4, -0.2) is 69.4 Å². The van der Waals surface area contributed by atoms with Crippen molar-refractivity contribution >= 4 is 22.3 Å². The summed E-state index contributed by atoms with van der Waals surface area (Å²) in [4.78, 5) is 36.2. The Morgan fingerprint density at radius 1 is 1.04 bits per heavy atom. The molecule has 0 spiro atoms. The normalized spacial score (nSPS) is 19.5. The highest BCUT2D eigenvalue weighted by Crippen LogP contribution is 2.14. The largest absolute Gasteiger partial charge is 0.325 e. The molecule has 2 aliphatic rings. The molecule has 0 aromatic carbocycles. The number of urea groups is 1. The average Bonchev–Trinajstić information content (AvgIpc) is 3.12. The van der Waals surface area contributed by atoms with Crippen LogP contribution in [0.4, 0.5) is 4.79 Å². The maximum absolute atomic E-state index is 12.6. The maximum Gasteiger partial charge on any atom is 0.320 e. The van der Waals surface area contributed by atoms with Gasteiger partial charge in [-0.25, -0.2) is 9.78 Å². The van der Waals surface area contributed by atoms with Gasteiger partial charge >= 0.3 is 6.03 Å². The van der Waals surface area contributed by atoms with Crippen molar-refractivity contribution in [1.82, 2.24) is 24.1 Å². The van der Waals surface area contributed by atoms with Gasteiger partial charge in [0.1, 0.15) is 0 Å². The highest BCUT2D eigenvalue weighted by molar-refractivity contribution is 7.15. The lowest BCUT2D eigenvalue weighted by Crippen LogP contribution is -2.53. The molecule has 0 aliphatic carbocycles. The molecule has 2 amide bonds. The second-order valence-corrected chi connectivity index (χ2v) is 7.61. The number of piperazine rings is 1. The summed E-state index contributed by atoms with van der Waals surface area (Å²) in [5.74, 6) is 0. The quantitative estimate of drug-likeness (QED) is 0.813. The Morgan fingerprint density at radius 3 is 2.52 bits per heavy atom. The van der Waals surface area contributed by atoms with Crippen LogP contribution in [0.5, 0.6) is 0 Å². The molecule has 2 aliphatic heterocycles. The van der Waals surface area contributed by atoms with E-state index in [4.69, 9.17) is 0 Å². The highest BCUT2D eigenvalue weighted by Gasteiger charge is 2.26. The molecule has 134 valence electrons. The number of aromatic nitrogens is 2. The third kappa shape index (κ3) is 3.55. The molecule has 2 fully saturated rings. The van der Waals surface area contributed by atoms with Gasteiger partial charge in [0, 0.05) is 63.5 Å². The number of fused-ring (bicyclic) bond motifs is 1. The molecule has 4 heterocycles. The van der Waals surface area contributed by atoms with Gasteiger partial charge in [-0.1, -0.05) is 0 Å². The van der Waals surface area contributed by atoms with E-state index in [9.17, 15) is 9.59 Å². The molecule has 2 saturated heterocycles. The van der Waals surface area contributed by atoms with Crippen molar-refractivity contribution in [3.63, 3.8) is 0 Å². The third-order valence-electron chi connectivity index (χ3n) is 5.01. The van der Waals surface area contributed by atoms with E-state index in [-0.39, 0.29) is 11.6 Å². The number of thiazole rings is 1. The van der Waals surface area contributed by atoms with Crippen LogP contribution in [0.1, 0.15) is 25.0 Å². The Hall–Kier alpha value is -1.93. The number of carbonyl (C=O) groups is 1. The monoisotopic (exact) mass is 361 g/mol. The summed E-state index contributed by atoms with van der Waals surface area (Å²) in [5.41, 5.74) is 0.781. The molecule has 7 nitrogen and oxygen atoms in total. The van der Waals surface area contributed by atoms with Crippen LogP contribution >= 0.6 is 11.3 Å². The van der Waals surface area contributed by atoms with Gasteiger partial charge in [-0.05, 0) is 19.3 Å². The topological polar surface area (TPSA) is 61.2 Å². The fraction of sp³-hybridized carbons (Fsp3) is 0.588. The van der Waals surface area contributed by atoms with E-state index in [1.54, 1.807) is 16.7 Å². The zero-order valence-corrected chi connectivity index (χ0v) is 15.1. The molecule has 0 saturated carbocycles. The first kappa shape index (κ1) is 16.5. The summed E-state index contributed by atoms with van der Waals surface area (Å²) in [5, 5.41) is 1.87. The molecule has 25 heavy (non-hydrogen) atoms. The molecule has 0 bridgehead atoms. The second kappa shape index (κ2) is 7.13. The van der Waals surface area contributed by atoms with E-state index in [0.717, 1.165) is 62.8 Å². The Balaban J connectivity index is 1.35. The van der Waals surface area contributed by atoms with E-state index >= 15 is 0 Å². The molecule has 0 unspecified atom stereocenters. The zero-order valence-electron chi connectivity index (χ0n) is 14.3. The predicted molar refractivity (Wildman–Crippen MR) is 97.0 cm³/mol. The zero-order chi connectivity index (χ0) is 17.2. The first-order valence-electron chi connectivity index (χ1n) is 8.93. The number of nitrogens with zero attached hydrogens (tertiary/aromatic N) is 5. The summed E-state index contributed by atoms with van der Waals surface area (Å²) >= 11 is 1.47. The molecule has 8 heteroatoms. The standard InChI is InChI=1S/C17H23N5O2S/c23-15-12-14(18-16-22(15)10-11-25-16)13-19-6-8-21(9-7-19)17(24)20-4-2-1-3-5-20/h10-12H,1-9,13H2. The van der Waals surface area contributed by atoms with Crippen molar-refractivity contribution < 1.29 is 4.79 Å². The number of piperidine rings is 1. The first-order valence-corrected chi connectivity index (χ1v) is 9.81. The molecule has 0 atom stereocenters. The van der Waals surface area contributed by atoms with Gasteiger partial charge in [0.2, 0.25) is 0 Å². The van der Waals surface area contributed by atoms with Crippen molar-refractivity contribution in [3.05, 3.63) is 33.7 Å². The number of rotatable bonds is 2. The van der Waals surface area contributed by atoms with Crippen LogP contribution in [0.25, 0.3) is 4.96 Å². The van der Waals surface area contributed by atoms with Crippen molar-refractivity contribution in [2.45, 2.75) is 25.8 Å². The van der Waals surface area contributed by atoms with Gasteiger partial charge in [-0.15, -0.1) is 11.3 Å². The first-order chi connectivity index (χ1) is 12.2. The van der Waals surface area contributed by atoms with Crippen molar-refractivity contribution in [3.8, 4) is 0 Å². The molecular formula is C17H23N5O2S. The van der Waals surface area contributed by atoms with E-state index in [0.29, 0.717) is 6.54 Å². The Labute approximate surface area is 150 Å². The Bertz CT molecular complexity index is 803. The number of amides is 2. The van der Waals surface area contributed by atoms with Crippen LogP contribution in [0.15, 0.2) is 22.4 Å². The van der Waals surface area contributed by atoms with Gasteiger partial charge in [0.15, 0.2) is 4.96 Å². The molecule has 0 N–H and O–H groups in total. The lowest BCUT2D eigenvalue weighted by molar-refractivity contribution is 0.104. The van der Waals surface area contributed by atoms with Crippen LogP contribution in [0.3, 0.4) is 0 Å². The van der Waals surface area contributed by atoms with Crippen molar-refractivity contribution in [1.29, 1.82) is 0 Å². The van der Waals surface area contributed by atoms with Crippen molar-refractivity contribution in [2.24, 2.45) is 0 Å². The number of hydrogen-bond acceptors (Lipinski definition) is 5. The van der Waals surface area contributed by atoms with Crippen LogP contribution < -0.4 is 5.56 Å². The van der Waals surface area contributed by atoms with Gasteiger partial charge < -0.3 is 9.80 Å². The SMILES string of the molecule is O=C(N1CCCCC1)N1CCN(Cc2cc(=O)n3ccsc3n2)CC1. The summed E-state index contributed by atoms with van der Waals surface area (Å²) in [6.45, 7) is 5.60. The van der Waals surface area contributed by atoms with E-state index in [2.05, 4.69) is 9.88 Å². The minimum atomic E-state index is -0.0276. The number of likely N-dealkylation sites (tertiary alicyclic amines) is 1. The third-order valence-corrected chi connectivity index (χ3v) is 5.77. The summed E-state index contributed by atoms with van der Waals surface area (Å²) in [7, 11) is 0. The van der Waals surface area contributed by atoms with Crippen LogP contribution in [-0.2, 0) is 6.54 Å². The lowest BCUT2D eigenvalue weighted by atomic mass is 10.1. The number of carbonyl (C=O) groups excluding carboxylic acids is 1. The molecule has 2 aromatic heterocycles.